The van der Waals surface area contributed by atoms with Crippen LogP contribution in [-0.2, 0) is 9.59 Å². The third-order valence-electron chi connectivity index (χ3n) is 0.907. The maximum absolute atomic E-state index is 8.58. The molecule has 0 unspecified atom stereocenters. The van der Waals surface area contributed by atoms with E-state index in [0.29, 0.717) is 0 Å². The zero-order valence-corrected chi connectivity index (χ0v) is 11.0. The zero-order chi connectivity index (χ0) is 13.4. The Morgan fingerprint density at radius 1 is 1.24 bits per heavy atom. The van der Waals surface area contributed by atoms with Crippen molar-refractivity contribution in [1.29, 1.82) is 5.26 Å². The number of amides is 2. The number of rotatable bonds is 2. The predicted octanol–water partition coefficient (Wildman–Crippen LogP) is 0.156. The van der Waals surface area contributed by atoms with Gasteiger partial charge in [0.25, 0.3) is 0 Å². The molecule has 2 amide bonds. The van der Waals surface area contributed by atoms with Crippen LogP contribution in [0, 0.1) is 11.3 Å². The first-order valence-electron chi connectivity index (χ1n) is 4.22. The maximum atomic E-state index is 8.58. The van der Waals surface area contributed by atoms with Crippen LogP contribution in [0.4, 0.5) is 0 Å². The van der Waals surface area contributed by atoms with Crippen molar-refractivity contribution in [3.05, 3.63) is 23.9 Å². The summed E-state index contributed by atoms with van der Waals surface area (Å²) in [5.41, 5.74) is 9.05. The summed E-state index contributed by atoms with van der Waals surface area (Å²) in [4.78, 5) is 19.1. The quantitative estimate of drug-likeness (QED) is 0.419. The third-order valence-corrected chi connectivity index (χ3v) is 0.907. The average molecular weight is 263 g/mol. The molecule has 7 heteroatoms. The molecule has 17 heavy (non-hydrogen) atoms. The van der Waals surface area contributed by atoms with Gasteiger partial charge in [0.1, 0.15) is 0 Å². The second kappa shape index (κ2) is 23.7. The van der Waals surface area contributed by atoms with E-state index in [-0.39, 0.29) is 25.2 Å². The summed E-state index contributed by atoms with van der Waals surface area (Å²) >= 11 is 0. The highest BCUT2D eigenvalue weighted by atomic mass is 35.5. The maximum Gasteiger partial charge on any atom is 0.204 e. The van der Waals surface area contributed by atoms with Gasteiger partial charge in [0.15, 0.2) is 0 Å². The molecule has 0 aliphatic carbocycles. The lowest BCUT2D eigenvalue weighted by molar-refractivity contribution is -0.107. The van der Waals surface area contributed by atoms with Gasteiger partial charge in [0.05, 0.1) is 6.07 Å². The number of halogens is 1. The van der Waals surface area contributed by atoms with Gasteiger partial charge < -0.3 is 16.4 Å². The molecular weight excluding hydrogens is 244 g/mol. The minimum absolute atomic E-state index is 0. The van der Waals surface area contributed by atoms with Crippen molar-refractivity contribution in [3.63, 3.8) is 0 Å². The topological polar surface area (TPSA) is 113 Å². The molecule has 98 valence electrons. The number of nitrogens with two attached hydrogens (primary N) is 2. The monoisotopic (exact) mass is 262 g/mol. The van der Waals surface area contributed by atoms with Crippen LogP contribution in [0.5, 0.6) is 0 Å². The highest BCUT2D eigenvalue weighted by molar-refractivity contribution is 5.85. The lowest BCUT2D eigenvalue weighted by Gasteiger charge is -2.00. The summed E-state index contributed by atoms with van der Waals surface area (Å²) < 4.78 is 0. The molecule has 0 atom stereocenters. The van der Waals surface area contributed by atoms with Crippen molar-refractivity contribution in [2.45, 2.75) is 6.92 Å². The number of hydrogen-bond acceptors (Lipinski definition) is 4. The van der Waals surface area contributed by atoms with Gasteiger partial charge in [-0.25, -0.2) is 0 Å². The number of hydrogen-bond donors (Lipinski definition) is 2. The Bertz CT molecular complexity index is 264. The summed E-state index contributed by atoms with van der Waals surface area (Å²) in [6.45, 7) is 1.78. The van der Waals surface area contributed by atoms with E-state index in [1.807, 2.05) is 37.3 Å². The first-order chi connectivity index (χ1) is 7.49. The Labute approximate surface area is 108 Å². The Balaban J connectivity index is -0.000000102. The molecule has 0 spiro atoms. The van der Waals surface area contributed by atoms with Crippen LogP contribution in [0.1, 0.15) is 6.92 Å². The van der Waals surface area contributed by atoms with Crippen LogP contribution in [0.2, 0.25) is 0 Å². The van der Waals surface area contributed by atoms with Crippen molar-refractivity contribution in [2.24, 2.45) is 11.5 Å². The largest absolute Gasteiger partial charge is 0.383 e. The Morgan fingerprint density at radius 3 is 1.82 bits per heavy atom. The molecule has 0 radical (unpaired) electrons. The van der Waals surface area contributed by atoms with E-state index in [4.69, 9.17) is 14.9 Å². The summed E-state index contributed by atoms with van der Waals surface area (Å²) in [5, 5.41) is 8.33. The smallest absolute Gasteiger partial charge is 0.204 e. The number of allylic oxidation sites excluding steroid dienone is 3. The second-order valence-corrected chi connectivity index (χ2v) is 2.54. The predicted molar refractivity (Wildman–Crippen MR) is 69.9 cm³/mol. The van der Waals surface area contributed by atoms with E-state index < -0.39 is 0 Å². The Hall–Kier alpha value is -2.00. The minimum Gasteiger partial charge on any atom is -0.383 e. The molecule has 0 aliphatic rings. The first-order valence-corrected chi connectivity index (χ1v) is 4.22. The number of primary amides is 2. The number of carbonyl (C=O) groups is 2. The second-order valence-electron chi connectivity index (χ2n) is 2.54. The fourth-order valence-electron chi connectivity index (χ4n) is 0.397. The molecule has 0 aromatic heterocycles. The first kappa shape index (κ1) is 24.3. The normalized spacial score (nSPS) is 8.24. The van der Waals surface area contributed by atoms with E-state index in [0.717, 1.165) is 5.57 Å². The molecule has 0 fully saturated rings. The van der Waals surface area contributed by atoms with Gasteiger partial charge in [-0.1, -0.05) is 0 Å². The SMILES string of the molecule is CC(C#N)=CC=CN(C)C.Cl.NC=O.NC=O. The van der Waals surface area contributed by atoms with Crippen molar-refractivity contribution < 1.29 is 9.59 Å². The molecule has 0 aromatic carbocycles. The fraction of sp³-hybridized carbons (Fsp3) is 0.300. The number of nitriles is 1. The van der Waals surface area contributed by atoms with Crippen molar-refractivity contribution >= 4 is 25.2 Å². The van der Waals surface area contributed by atoms with Gasteiger partial charge in [-0.3, -0.25) is 9.59 Å². The minimum atomic E-state index is 0. The van der Waals surface area contributed by atoms with E-state index in [1.54, 1.807) is 13.0 Å². The van der Waals surface area contributed by atoms with Crippen LogP contribution in [0.15, 0.2) is 23.9 Å². The molecule has 0 heterocycles. The van der Waals surface area contributed by atoms with Gasteiger partial charge in [-0.2, -0.15) is 5.26 Å². The molecular formula is C10H19ClN4O2. The lowest BCUT2D eigenvalue weighted by Crippen LogP contribution is -1.99. The molecule has 0 aromatic rings. The van der Waals surface area contributed by atoms with Crippen LogP contribution in [0.3, 0.4) is 0 Å². The molecule has 6 nitrogen and oxygen atoms in total. The highest BCUT2D eigenvalue weighted by Gasteiger charge is 1.77. The van der Waals surface area contributed by atoms with Gasteiger partial charge in [-0.15, -0.1) is 12.4 Å². The summed E-state index contributed by atoms with van der Waals surface area (Å²) in [7, 11) is 3.87. The zero-order valence-electron chi connectivity index (χ0n) is 10.2. The molecule has 0 rings (SSSR count). The molecule has 0 bridgehead atoms. The molecule has 4 N–H and O–H groups in total. The van der Waals surface area contributed by atoms with E-state index in [9.17, 15) is 0 Å². The van der Waals surface area contributed by atoms with E-state index in [2.05, 4.69) is 11.5 Å². The van der Waals surface area contributed by atoms with Gasteiger partial charge >= 0.3 is 0 Å². The van der Waals surface area contributed by atoms with Gasteiger partial charge in [0, 0.05) is 19.7 Å². The Morgan fingerprint density at radius 2 is 1.59 bits per heavy atom. The van der Waals surface area contributed by atoms with Crippen LogP contribution in [-0.4, -0.2) is 31.8 Å². The summed E-state index contributed by atoms with van der Waals surface area (Å²) in [6.07, 6.45) is 6.01. The van der Waals surface area contributed by atoms with Crippen molar-refractivity contribution in [3.8, 4) is 6.07 Å². The molecule has 0 aliphatic heterocycles. The highest BCUT2D eigenvalue weighted by Crippen LogP contribution is 1.89. The number of nitrogens with zero attached hydrogens (tertiary/aromatic N) is 2. The standard InChI is InChI=1S/C8H12N2.2CH3NO.ClH/c1-8(7-9)5-4-6-10(2)3;2*2-1-3;/h4-6H,1-3H3;2*1H,(H2,2,3);1H. The Kier molecular flexibility index (Phi) is 33.8. The average Bonchev–Trinajstić information content (AvgIpc) is 2.19. The van der Waals surface area contributed by atoms with Crippen LogP contribution >= 0.6 is 12.4 Å². The summed E-state index contributed by atoms with van der Waals surface area (Å²) in [6, 6.07) is 2.03. The molecule has 0 saturated heterocycles. The lowest BCUT2D eigenvalue weighted by atomic mass is 10.3. The molecule has 0 saturated carbocycles. The van der Waals surface area contributed by atoms with E-state index in [1.165, 1.54) is 0 Å². The van der Waals surface area contributed by atoms with Crippen molar-refractivity contribution in [2.75, 3.05) is 14.1 Å². The third kappa shape index (κ3) is 56.0. The number of carbonyl (C=O) groups excluding carboxylic acids is 2. The summed E-state index contributed by atoms with van der Waals surface area (Å²) in [5.74, 6) is 0. The van der Waals surface area contributed by atoms with Gasteiger partial charge in [0.2, 0.25) is 12.8 Å². The van der Waals surface area contributed by atoms with Gasteiger partial charge in [-0.05, 0) is 25.3 Å². The van der Waals surface area contributed by atoms with Crippen LogP contribution < -0.4 is 11.5 Å². The van der Waals surface area contributed by atoms with Crippen molar-refractivity contribution in [1.82, 2.24) is 4.90 Å². The van der Waals surface area contributed by atoms with Crippen LogP contribution in [0.25, 0.3) is 0 Å². The fourth-order valence-corrected chi connectivity index (χ4v) is 0.397. The van der Waals surface area contributed by atoms with E-state index >= 15 is 0 Å².